The number of amides is 1. The Hall–Kier alpha value is -1.39. The molecule has 0 aliphatic heterocycles. The van der Waals surface area contributed by atoms with Crippen LogP contribution >= 0.6 is 0 Å². The van der Waals surface area contributed by atoms with E-state index in [0.29, 0.717) is 11.3 Å². The van der Waals surface area contributed by atoms with Gasteiger partial charge >= 0.3 is 11.9 Å². The van der Waals surface area contributed by atoms with Gasteiger partial charge in [0, 0.05) is 11.1 Å². The maximum atomic E-state index is 11.4. The molecule has 4 rings (SSSR count). The second-order valence-electron chi connectivity index (χ2n) is 9.70. The number of aliphatic carboxylic acids is 1. The molecule has 0 spiro atoms. The molecule has 6 atom stereocenters. The van der Waals surface area contributed by atoms with Gasteiger partial charge in [0.05, 0.1) is 0 Å². The molecule has 0 aromatic carbocycles. The maximum absolute atomic E-state index is 11.4. The first-order valence-corrected chi connectivity index (χ1v) is 10.5. The maximum Gasteiger partial charge on any atom is 0.396 e. The molecule has 4 aliphatic rings. The van der Waals surface area contributed by atoms with Gasteiger partial charge in [-0.15, -0.1) is 0 Å². The molecule has 26 heavy (non-hydrogen) atoms. The number of carbonyl (C=O) groups excluding carboxylic acids is 1. The molecule has 3 unspecified atom stereocenters. The molecule has 0 bridgehead atoms. The third-order valence-electron chi connectivity index (χ3n) is 8.81. The number of carboxylic acids is 1. The third kappa shape index (κ3) is 2.61. The first-order valence-electron chi connectivity index (χ1n) is 10.5. The fraction of sp³-hybridized carbons (Fsp3) is 0.857. The third-order valence-corrected chi connectivity index (χ3v) is 8.81. The molecule has 0 radical (unpaired) electrons. The normalized spacial score (nSPS) is 46.2. The molecule has 5 heteroatoms. The van der Waals surface area contributed by atoms with Gasteiger partial charge in [0.1, 0.15) is 0 Å². The lowest BCUT2D eigenvalue weighted by Gasteiger charge is -2.59. The van der Waals surface area contributed by atoms with Crippen molar-refractivity contribution < 1.29 is 14.7 Å². The lowest BCUT2D eigenvalue weighted by Crippen LogP contribution is -2.52. The van der Waals surface area contributed by atoms with Crippen LogP contribution in [0.1, 0.15) is 78.1 Å². The number of carboxylic acid groups (broad SMARTS) is 1. The van der Waals surface area contributed by atoms with Crippen LogP contribution in [-0.2, 0) is 9.59 Å². The Bertz CT molecular complexity index is 645. The molecule has 144 valence electrons. The van der Waals surface area contributed by atoms with Crippen molar-refractivity contribution in [3.63, 3.8) is 0 Å². The zero-order valence-corrected chi connectivity index (χ0v) is 16.1. The van der Waals surface area contributed by atoms with Crippen LogP contribution in [0.15, 0.2) is 5.10 Å². The monoisotopic (exact) mass is 360 g/mol. The number of fused-ring (bicyclic) bond motifs is 5. The van der Waals surface area contributed by atoms with Crippen LogP contribution in [0.25, 0.3) is 0 Å². The van der Waals surface area contributed by atoms with E-state index >= 15 is 0 Å². The number of hydrogen-bond acceptors (Lipinski definition) is 3. The average molecular weight is 360 g/mol. The van der Waals surface area contributed by atoms with Crippen molar-refractivity contribution in [3.8, 4) is 0 Å². The van der Waals surface area contributed by atoms with Gasteiger partial charge in [0.2, 0.25) is 0 Å². The highest BCUT2D eigenvalue weighted by atomic mass is 16.4. The van der Waals surface area contributed by atoms with E-state index in [4.69, 9.17) is 5.11 Å². The molecule has 0 aromatic heterocycles. The predicted octanol–water partition coefficient (Wildman–Crippen LogP) is 3.98. The highest BCUT2D eigenvalue weighted by Crippen LogP contribution is 2.65. The van der Waals surface area contributed by atoms with Crippen LogP contribution in [0, 0.1) is 34.5 Å². The summed E-state index contributed by atoms with van der Waals surface area (Å²) in [6.07, 6.45) is 12.8. The fourth-order valence-corrected chi connectivity index (χ4v) is 7.43. The fourth-order valence-electron chi connectivity index (χ4n) is 7.43. The minimum atomic E-state index is -1.47. The second-order valence-corrected chi connectivity index (χ2v) is 9.70. The van der Waals surface area contributed by atoms with Crippen molar-refractivity contribution in [3.05, 3.63) is 0 Å². The topological polar surface area (TPSA) is 78.8 Å². The van der Waals surface area contributed by atoms with Gasteiger partial charge in [0.15, 0.2) is 0 Å². The Labute approximate surface area is 156 Å². The second kappa shape index (κ2) is 6.35. The SMILES string of the molecule is C[C@@]12CCC3C(CC[C@@H]4CCCC[C@@]34C)C1CC/C2=N\NC(=O)C(=O)O. The van der Waals surface area contributed by atoms with Gasteiger partial charge in [-0.25, -0.2) is 10.2 Å². The zero-order chi connectivity index (χ0) is 18.5. The number of carbonyl (C=O) groups is 2. The molecule has 4 saturated carbocycles. The van der Waals surface area contributed by atoms with Crippen LogP contribution < -0.4 is 5.43 Å². The average Bonchev–Trinajstić information content (AvgIpc) is 2.95. The summed E-state index contributed by atoms with van der Waals surface area (Å²) in [7, 11) is 0. The molecular formula is C21H32N2O3. The number of rotatable bonds is 1. The van der Waals surface area contributed by atoms with Gasteiger partial charge in [-0.2, -0.15) is 5.10 Å². The minimum Gasteiger partial charge on any atom is -0.474 e. The van der Waals surface area contributed by atoms with Crippen LogP contribution in [-0.4, -0.2) is 22.7 Å². The number of hydrogen-bond donors (Lipinski definition) is 2. The smallest absolute Gasteiger partial charge is 0.396 e. The summed E-state index contributed by atoms with van der Waals surface area (Å²) in [6, 6.07) is 0. The van der Waals surface area contributed by atoms with Crippen molar-refractivity contribution >= 4 is 17.6 Å². The molecule has 2 N–H and O–H groups in total. The highest BCUT2D eigenvalue weighted by molar-refractivity contribution is 6.31. The van der Waals surface area contributed by atoms with Crippen molar-refractivity contribution in [1.29, 1.82) is 0 Å². The molecule has 0 heterocycles. The number of nitrogens with one attached hydrogen (secondary N) is 1. The van der Waals surface area contributed by atoms with E-state index < -0.39 is 11.9 Å². The Morgan fingerprint density at radius 1 is 1.04 bits per heavy atom. The molecule has 0 saturated heterocycles. The van der Waals surface area contributed by atoms with E-state index in [1.165, 1.54) is 44.9 Å². The van der Waals surface area contributed by atoms with Crippen LogP contribution in [0.3, 0.4) is 0 Å². The van der Waals surface area contributed by atoms with Crippen LogP contribution in [0.4, 0.5) is 0 Å². The van der Waals surface area contributed by atoms with Gasteiger partial charge in [-0.05, 0) is 80.5 Å². The lowest BCUT2D eigenvalue weighted by molar-refractivity contribution is -0.150. The van der Waals surface area contributed by atoms with E-state index in [9.17, 15) is 9.59 Å². The Kier molecular flexibility index (Phi) is 4.39. The molecular weight excluding hydrogens is 328 g/mol. The van der Waals surface area contributed by atoms with Gasteiger partial charge < -0.3 is 5.11 Å². The Balaban J connectivity index is 1.55. The van der Waals surface area contributed by atoms with Crippen molar-refractivity contribution in [2.24, 2.45) is 39.6 Å². The minimum absolute atomic E-state index is 0.0326. The van der Waals surface area contributed by atoms with E-state index in [0.717, 1.165) is 42.7 Å². The summed E-state index contributed by atoms with van der Waals surface area (Å²) in [5, 5.41) is 13.0. The van der Waals surface area contributed by atoms with Crippen molar-refractivity contribution in [2.75, 3.05) is 0 Å². The van der Waals surface area contributed by atoms with Crippen molar-refractivity contribution in [1.82, 2.24) is 5.43 Å². The first-order chi connectivity index (χ1) is 12.4. The Morgan fingerprint density at radius 2 is 1.85 bits per heavy atom. The zero-order valence-electron chi connectivity index (χ0n) is 16.1. The Morgan fingerprint density at radius 3 is 2.62 bits per heavy atom. The van der Waals surface area contributed by atoms with E-state index in [2.05, 4.69) is 24.4 Å². The molecule has 4 fully saturated rings. The van der Waals surface area contributed by atoms with E-state index in [1.807, 2.05) is 0 Å². The quantitative estimate of drug-likeness (QED) is 0.548. The summed E-state index contributed by atoms with van der Waals surface area (Å²) in [5.74, 6) is 0.672. The molecule has 0 aromatic rings. The van der Waals surface area contributed by atoms with Crippen LogP contribution in [0.5, 0.6) is 0 Å². The highest BCUT2D eigenvalue weighted by Gasteiger charge is 2.58. The van der Waals surface area contributed by atoms with Gasteiger partial charge in [-0.1, -0.05) is 26.7 Å². The lowest BCUT2D eigenvalue weighted by atomic mass is 9.45. The van der Waals surface area contributed by atoms with Gasteiger partial charge in [-0.3, -0.25) is 4.79 Å². The molecule has 1 amide bonds. The summed E-state index contributed by atoms with van der Waals surface area (Å²) in [6.45, 7) is 4.88. The summed E-state index contributed by atoms with van der Waals surface area (Å²) in [5.41, 5.74) is 3.84. The number of hydrazone groups is 1. The van der Waals surface area contributed by atoms with Crippen molar-refractivity contribution in [2.45, 2.75) is 78.1 Å². The molecule has 4 aliphatic carbocycles. The number of nitrogens with zero attached hydrogens (tertiary/aromatic N) is 1. The summed E-state index contributed by atoms with van der Waals surface area (Å²) >= 11 is 0. The van der Waals surface area contributed by atoms with Gasteiger partial charge in [0.25, 0.3) is 0 Å². The first kappa shape index (κ1) is 18.0. The predicted molar refractivity (Wildman–Crippen MR) is 99.6 cm³/mol. The summed E-state index contributed by atoms with van der Waals surface area (Å²) < 4.78 is 0. The molecule has 5 nitrogen and oxygen atoms in total. The van der Waals surface area contributed by atoms with E-state index in [-0.39, 0.29) is 5.41 Å². The van der Waals surface area contributed by atoms with E-state index in [1.54, 1.807) is 0 Å². The largest absolute Gasteiger partial charge is 0.474 e. The summed E-state index contributed by atoms with van der Waals surface area (Å²) in [4.78, 5) is 22.1. The standard InChI is InChI=1S/C21H32N2O3/c1-20-11-4-3-5-13(20)6-7-14-15-8-9-17(22-23-18(24)19(25)26)21(15,2)12-10-16(14)20/h13-16H,3-12H2,1-2H3,(H,23,24)(H,25,26)/b22-17+/t13-,14?,15?,16?,20+,21+/m0/s1. The van der Waals surface area contributed by atoms with Crippen LogP contribution in [0.2, 0.25) is 0 Å².